The van der Waals surface area contributed by atoms with Gasteiger partial charge in [-0.15, -0.1) is 0 Å². The van der Waals surface area contributed by atoms with Crippen LogP contribution in [0, 0.1) is 0 Å². The SMILES string of the molecule is O=C(Nc1ccc(O[C@@H]2CCN(C(=O)c3ccsc3)C2)cc1)N1CC(c2cccnc2)C1. The molecular weight excluding hydrogens is 424 g/mol. The molecule has 2 fully saturated rings. The number of rotatable bonds is 5. The Morgan fingerprint density at radius 3 is 2.62 bits per heavy atom. The first-order valence-corrected chi connectivity index (χ1v) is 11.6. The molecule has 1 aromatic carbocycles. The summed E-state index contributed by atoms with van der Waals surface area (Å²) in [4.78, 5) is 32.7. The largest absolute Gasteiger partial charge is 0.489 e. The van der Waals surface area contributed by atoms with Crippen LogP contribution in [0.25, 0.3) is 0 Å². The zero-order valence-electron chi connectivity index (χ0n) is 17.5. The lowest BCUT2D eigenvalue weighted by Gasteiger charge is -2.39. The Balaban J connectivity index is 1.09. The van der Waals surface area contributed by atoms with Crippen LogP contribution in [-0.4, -0.2) is 59.0 Å². The van der Waals surface area contributed by atoms with Crippen LogP contribution in [-0.2, 0) is 0 Å². The van der Waals surface area contributed by atoms with E-state index in [1.54, 1.807) is 11.1 Å². The number of urea groups is 1. The Bertz CT molecular complexity index is 1070. The maximum Gasteiger partial charge on any atom is 0.321 e. The minimum atomic E-state index is -0.0998. The third-order valence-corrected chi connectivity index (χ3v) is 6.62. The lowest BCUT2D eigenvalue weighted by atomic mass is 9.93. The molecule has 2 aromatic heterocycles. The van der Waals surface area contributed by atoms with Crippen LogP contribution >= 0.6 is 11.3 Å². The van der Waals surface area contributed by atoms with E-state index in [1.165, 1.54) is 16.9 Å². The number of nitrogens with one attached hydrogen (secondary N) is 1. The lowest BCUT2D eigenvalue weighted by molar-refractivity contribution is 0.0773. The van der Waals surface area contributed by atoms with Gasteiger partial charge in [0.2, 0.25) is 0 Å². The van der Waals surface area contributed by atoms with Crippen molar-refractivity contribution in [3.8, 4) is 5.75 Å². The molecule has 1 atom stereocenters. The summed E-state index contributed by atoms with van der Waals surface area (Å²) in [6.45, 7) is 2.67. The van der Waals surface area contributed by atoms with Gasteiger partial charge in [0.05, 0.1) is 12.1 Å². The molecule has 32 heavy (non-hydrogen) atoms. The molecule has 0 aliphatic carbocycles. The molecule has 164 valence electrons. The monoisotopic (exact) mass is 448 g/mol. The molecular formula is C24H24N4O3S. The summed E-state index contributed by atoms with van der Waals surface area (Å²) in [5.74, 6) is 1.15. The highest BCUT2D eigenvalue weighted by atomic mass is 32.1. The summed E-state index contributed by atoms with van der Waals surface area (Å²) in [6.07, 6.45) is 4.40. The molecule has 2 saturated heterocycles. The summed E-state index contributed by atoms with van der Waals surface area (Å²) >= 11 is 1.53. The van der Waals surface area contributed by atoms with Crippen LogP contribution in [0.3, 0.4) is 0 Å². The number of nitrogens with zero attached hydrogens (tertiary/aromatic N) is 3. The van der Waals surface area contributed by atoms with E-state index in [9.17, 15) is 9.59 Å². The summed E-state index contributed by atoms with van der Waals surface area (Å²) in [6, 6.07) is 13.1. The number of pyridine rings is 1. The normalized spacial score (nSPS) is 18.3. The standard InChI is InChI=1S/C24H24N4O3S/c29-23(18-8-11-32-16-18)27-10-7-22(15-27)31-21-5-3-20(4-6-21)26-24(30)28-13-19(14-28)17-2-1-9-25-12-17/h1-6,8-9,11-12,16,19,22H,7,10,13-15H2,(H,26,30)/t22-/m1/s1. The zero-order chi connectivity index (χ0) is 21.9. The van der Waals surface area contributed by atoms with Crippen molar-refractivity contribution >= 4 is 29.0 Å². The van der Waals surface area contributed by atoms with E-state index in [0.717, 1.165) is 23.4 Å². The van der Waals surface area contributed by atoms with E-state index in [1.807, 2.05) is 64.3 Å². The van der Waals surface area contributed by atoms with Gasteiger partial charge in [-0.25, -0.2) is 4.79 Å². The second-order valence-electron chi connectivity index (χ2n) is 8.13. The van der Waals surface area contributed by atoms with Crippen molar-refractivity contribution in [1.29, 1.82) is 0 Å². The van der Waals surface area contributed by atoms with E-state index in [4.69, 9.17) is 4.74 Å². The molecule has 3 amide bonds. The number of hydrogen-bond donors (Lipinski definition) is 1. The average molecular weight is 449 g/mol. The number of carbonyl (C=O) groups is 2. The third-order valence-electron chi connectivity index (χ3n) is 5.93. The van der Waals surface area contributed by atoms with Crippen LogP contribution < -0.4 is 10.1 Å². The van der Waals surface area contributed by atoms with Crippen LogP contribution in [0.15, 0.2) is 65.6 Å². The van der Waals surface area contributed by atoms with E-state index >= 15 is 0 Å². The van der Waals surface area contributed by atoms with Crippen LogP contribution in [0.5, 0.6) is 5.75 Å². The Labute approximate surface area is 190 Å². The summed E-state index contributed by atoms with van der Waals surface area (Å²) in [5.41, 5.74) is 2.64. The van der Waals surface area contributed by atoms with Gasteiger partial charge in [0.1, 0.15) is 11.9 Å². The molecule has 0 unspecified atom stereocenters. The number of benzene rings is 1. The fraction of sp³-hybridized carbons (Fsp3) is 0.292. The van der Waals surface area contributed by atoms with E-state index in [-0.39, 0.29) is 18.0 Å². The van der Waals surface area contributed by atoms with Crippen molar-refractivity contribution in [2.75, 3.05) is 31.5 Å². The third kappa shape index (κ3) is 4.45. The maximum atomic E-state index is 12.5. The predicted molar refractivity (Wildman–Crippen MR) is 123 cm³/mol. The average Bonchev–Trinajstić information content (AvgIpc) is 3.47. The van der Waals surface area contributed by atoms with Gasteiger partial charge in [-0.3, -0.25) is 9.78 Å². The lowest BCUT2D eigenvalue weighted by Crippen LogP contribution is -2.50. The van der Waals surface area contributed by atoms with Crippen molar-refractivity contribution in [1.82, 2.24) is 14.8 Å². The molecule has 3 aromatic rings. The summed E-state index contributed by atoms with van der Waals surface area (Å²) in [7, 11) is 0. The number of thiophene rings is 1. The van der Waals surface area contributed by atoms with Crippen molar-refractivity contribution in [2.45, 2.75) is 18.4 Å². The number of carbonyl (C=O) groups excluding carboxylic acids is 2. The van der Waals surface area contributed by atoms with Crippen molar-refractivity contribution < 1.29 is 14.3 Å². The molecule has 5 rings (SSSR count). The molecule has 7 nitrogen and oxygen atoms in total. The topological polar surface area (TPSA) is 74.8 Å². The number of ether oxygens (including phenoxy) is 1. The molecule has 0 radical (unpaired) electrons. The second-order valence-corrected chi connectivity index (χ2v) is 8.91. The first-order valence-electron chi connectivity index (χ1n) is 10.7. The van der Waals surface area contributed by atoms with Gasteiger partial charge >= 0.3 is 6.03 Å². The van der Waals surface area contributed by atoms with Gasteiger partial charge < -0.3 is 19.9 Å². The highest BCUT2D eigenvalue weighted by Crippen LogP contribution is 2.27. The molecule has 2 aliphatic heterocycles. The van der Waals surface area contributed by atoms with Gasteiger partial charge in [0, 0.05) is 55.4 Å². The van der Waals surface area contributed by atoms with Gasteiger partial charge in [0.15, 0.2) is 0 Å². The van der Waals surface area contributed by atoms with Gasteiger partial charge in [0.25, 0.3) is 5.91 Å². The van der Waals surface area contributed by atoms with Crippen molar-refractivity contribution in [3.05, 3.63) is 76.7 Å². The minimum absolute atomic E-state index is 0.0245. The summed E-state index contributed by atoms with van der Waals surface area (Å²) < 4.78 is 6.06. The second kappa shape index (κ2) is 9.00. The Morgan fingerprint density at radius 1 is 1.06 bits per heavy atom. The number of aromatic nitrogens is 1. The minimum Gasteiger partial charge on any atom is -0.489 e. The molecule has 0 spiro atoms. The molecule has 0 bridgehead atoms. The number of hydrogen-bond acceptors (Lipinski definition) is 5. The molecule has 1 N–H and O–H groups in total. The maximum absolute atomic E-state index is 12.5. The quantitative estimate of drug-likeness (QED) is 0.639. The zero-order valence-corrected chi connectivity index (χ0v) is 18.3. The molecule has 4 heterocycles. The van der Waals surface area contributed by atoms with Crippen molar-refractivity contribution in [2.24, 2.45) is 0 Å². The molecule has 0 saturated carbocycles. The highest BCUT2D eigenvalue weighted by Gasteiger charge is 2.32. The Hall–Kier alpha value is -3.39. The van der Waals surface area contributed by atoms with E-state index < -0.39 is 0 Å². The smallest absolute Gasteiger partial charge is 0.321 e. The molecule has 2 aliphatic rings. The van der Waals surface area contributed by atoms with Gasteiger partial charge in [-0.05, 0) is 47.3 Å². The van der Waals surface area contributed by atoms with E-state index in [2.05, 4.69) is 10.3 Å². The first-order chi connectivity index (χ1) is 15.7. The Morgan fingerprint density at radius 2 is 1.91 bits per heavy atom. The number of anilines is 1. The highest BCUT2D eigenvalue weighted by molar-refractivity contribution is 7.08. The molecule has 8 heteroatoms. The van der Waals surface area contributed by atoms with E-state index in [0.29, 0.717) is 32.1 Å². The summed E-state index contributed by atoms with van der Waals surface area (Å²) in [5, 5.41) is 6.73. The van der Waals surface area contributed by atoms with Crippen LogP contribution in [0.1, 0.15) is 28.3 Å². The van der Waals surface area contributed by atoms with Gasteiger partial charge in [-0.1, -0.05) is 6.07 Å². The predicted octanol–water partition coefficient (Wildman–Crippen LogP) is 4.07. The van der Waals surface area contributed by atoms with Crippen LogP contribution in [0.2, 0.25) is 0 Å². The van der Waals surface area contributed by atoms with Crippen molar-refractivity contribution in [3.63, 3.8) is 0 Å². The van der Waals surface area contributed by atoms with Crippen LogP contribution in [0.4, 0.5) is 10.5 Å². The van der Waals surface area contributed by atoms with Gasteiger partial charge in [-0.2, -0.15) is 11.3 Å². The first kappa shape index (κ1) is 20.5. The number of likely N-dealkylation sites (tertiary alicyclic amines) is 2. The fourth-order valence-electron chi connectivity index (χ4n) is 4.06. The Kier molecular flexibility index (Phi) is 5.77. The number of amides is 3. The fourth-order valence-corrected chi connectivity index (χ4v) is 4.69.